The number of fused-ring (bicyclic) bond motifs is 2. The molecule has 2 heterocycles. The van der Waals surface area contributed by atoms with Crippen molar-refractivity contribution in [1.82, 2.24) is 10.2 Å². The molecule has 2 nitrogen and oxygen atoms in total. The Kier molecular flexibility index (Phi) is 1.55. The average Bonchev–Trinajstić information content (AvgIpc) is 2.41. The molecule has 0 aromatic carbocycles. The quantitative estimate of drug-likeness (QED) is 0.526. The maximum Gasteiger partial charge on any atom is 0.0972 e. The van der Waals surface area contributed by atoms with Crippen LogP contribution in [0.15, 0.2) is 0 Å². The van der Waals surface area contributed by atoms with E-state index in [4.69, 9.17) is 7.85 Å². The number of hydrogen-bond donors (Lipinski definition) is 1. The first-order chi connectivity index (χ1) is 5.11. The fourth-order valence-corrected chi connectivity index (χ4v) is 2.30. The highest BCUT2D eigenvalue weighted by molar-refractivity contribution is 6.16. The largest absolute Gasteiger partial charge is 0.317 e. The van der Waals surface area contributed by atoms with Crippen molar-refractivity contribution in [2.45, 2.75) is 37.8 Å². The van der Waals surface area contributed by atoms with E-state index in [1.165, 1.54) is 0 Å². The smallest absolute Gasteiger partial charge is 0.0972 e. The molecule has 2 atom stereocenters. The highest BCUT2D eigenvalue weighted by atomic mass is 15.3. The summed E-state index contributed by atoms with van der Waals surface area (Å²) in [4.78, 5) is 2.50. The summed E-state index contributed by atoms with van der Waals surface area (Å²) in [5.74, 6) is 0. The number of piperazine rings is 1. The van der Waals surface area contributed by atoms with Crippen LogP contribution in [0.25, 0.3) is 0 Å². The van der Waals surface area contributed by atoms with Crippen LogP contribution in [-0.4, -0.2) is 43.4 Å². The summed E-state index contributed by atoms with van der Waals surface area (Å²) >= 11 is 0. The summed E-state index contributed by atoms with van der Waals surface area (Å²) < 4.78 is 0. The van der Waals surface area contributed by atoms with Crippen molar-refractivity contribution in [2.75, 3.05) is 13.1 Å². The lowest BCUT2D eigenvalue weighted by molar-refractivity contribution is 0.175. The molecular weight excluding hydrogens is 135 g/mol. The van der Waals surface area contributed by atoms with Crippen molar-refractivity contribution in [3.05, 3.63) is 0 Å². The predicted octanol–water partition coefficient (Wildman–Crippen LogP) is -0.0629. The van der Waals surface area contributed by atoms with Gasteiger partial charge in [-0.3, -0.25) is 4.90 Å². The average molecular weight is 150 g/mol. The van der Waals surface area contributed by atoms with Crippen LogP contribution in [0.3, 0.4) is 0 Å². The van der Waals surface area contributed by atoms with Crippen LogP contribution in [-0.2, 0) is 0 Å². The lowest BCUT2D eigenvalue weighted by atomic mass is 9.78. The van der Waals surface area contributed by atoms with E-state index in [2.05, 4.69) is 24.1 Å². The fraction of sp³-hybridized carbons (Fsp3) is 1.00. The van der Waals surface area contributed by atoms with Gasteiger partial charge in [0, 0.05) is 25.2 Å². The van der Waals surface area contributed by atoms with E-state index in [-0.39, 0.29) is 5.44 Å². The van der Waals surface area contributed by atoms with E-state index in [9.17, 15) is 0 Å². The monoisotopic (exact) mass is 150 g/mol. The van der Waals surface area contributed by atoms with Crippen molar-refractivity contribution in [1.29, 1.82) is 0 Å². The van der Waals surface area contributed by atoms with E-state index >= 15 is 0 Å². The third-order valence-corrected chi connectivity index (χ3v) is 2.89. The maximum absolute atomic E-state index is 6.08. The lowest BCUT2D eigenvalue weighted by Gasteiger charge is -2.34. The molecule has 0 aliphatic carbocycles. The molecule has 2 fully saturated rings. The molecule has 0 aromatic heterocycles. The Morgan fingerprint density at radius 3 is 2.64 bits per heavy atom. The third kappa shape index (κ3) is 1.11. The number of hydrogen-bond acceptors (Lipinski definition) is 2. The van der Waals surface area contributed by atoms with Crippen LogP contribution in [0.1, 0.15) is 20.3 Å². The second kappa shape index (κ2) is 2.24. The van der Waals surface area contributed by atoms with E-state index in [0.29, 0.717) is 12.1 Å². The number of nitrogens with zero attached hydrogens (tertiary/aromatic N) is 1. The predicted molar refractivity (Wildman–Crippen MR) is 46.7 cm³/mol. The molecule has 0 amide bonds. The Labute approximate surface area is 69.7 Å². The van der Waals surface area contributed by atoms with Gasteiger partial charge < -0.3 is 5.32 Å². The van der Waals surface area contributed by atoms with Gasteiger partial charge in [-0.2, -0.15) is 0 Å². The fourth-order valence-electron chi connectivity index (χ4n) is 2.30. The first kappa shape index (κ1) is 7.62. The van der Waals surface area contributed by atoms with Gasteiger partial charge in [-0.1, -0.05) is 0 Å². The van der Waals surface area contributed by atoms with E-state index in [1.807, 2.05) is 0 Å². The molecular formula is C8H15BN2. The van der Waals surface area contributed by atoms with Gasteiger partial charge in [-0.25, -0.2) is 0 Å². The molecule has 0 aromatic rings. The maximum atomic E-state index is 6.08. The molecule has 2 unspecified atom stereocenters. The topological polar surface area (TPSA) is 15.3 Å². The molecule has 2 bridgehead atoms. The Morgan fingerprint density at radius 1 is 1.64 bits per heavy atom. The van der Waals surface area contributed by atoms with Crippen LogP contribution >= 0.6 is 0 Å². The minimum Gasteiger partial charge on any atom is -0.317 e. The van der Waals surface area contributed by atoms with Gasteiger partial charge in [0.25, 0.3) is 0 Å². The minimum absolute atomic E-state index is 0.0606. The van der Waals surface area contributed by atoms with Gasteiger partial charge in [0.1, 0.15) is 0 Å². The molecule has 0 saturated carbocycles. The minimum atomic E-state index is -0.0606. The highest BCUT2D eigenvalue weighted by Gasteiger charge is 2.45. The molecule has 2 radical (unpaired) electrons. The van der Waals surface area contributed by atoms with Gasteiger partial charge >= 0.3 is 0 Å². The van der Waals surface area contributed by atoms with Gasteiger partial charge in [0.15, 0.2) is 0 Å². The zero-order chi connectivity index (χ0) is 8.06. The lowest BCUT2D eigenvalue weighted by Crippen LogP contribution is -2.53. The van der Waals surface area contributed by atoms with Gasteiger partial charge in [-0.05, 0) is 25.7 Å². The van der Waals surface area contributed by atoms with E-state index < -0.39 is 0 Å². The normalized spacial score (nSPS) is 44.1. The molecule has 60 valence electrons. The molecule has 3 heteroatoms. The highest BCUT2D eigenvalue weighted by Crippen LogP contribution is 2.31. The van der Waals surface area contributed by atoms with Crippen LogP contribution in [0.5, 0.6) is 0 Å². The van der Waals surface area contributed by atoms with Gasteiger partial charge in [0.2, 0.25) is 0 Å². The van der Waals surface area contributed by atoms with Crippen LogP contribution in [0.4, 0.5) is 0 Å². The summed E-state index contributed by atoms with van der Waals surface area (Å²) in [5, 5.41) is 3.35. The molecule has 2 saturated heterocycles. The van der Waals surface area contributed by atoms with Crippen molar-refractivity contribution in [3.63, 3.8) is 0 Å². The van der Waals surface area contributed by atoms with Crippen molar-refractivity contribution >= 4 is 7.85 Å². The van der Waals surface area contributed by atoms with Crippen LogP contribution < -0.4 is 5.32 Å². The Bertz CT molecular complexity index is 171. The summed E-state index contributed by atoms with van der Waals surface area (Å²) in [6.07, 6.45) is 1.13. The molecule has 11 heavy (non-hydrogen) atoms. The summed E-state index contributed by atoms with van der Waals surface area (Å²) in [7, 11) is 6.08. The second-order valence-electron chi connectivity index (χ2n) is 4.16. The second-order valence-corrected chi connectivity index (χ2v) is 4.16. The molecule has 1 N–H and O–H groups in total. The Balaban J connectivity index is 2.10. The van der Waals surface area contributed by atoms with E-state index in [0.717, 1.165) is 19.5 Å². The number of nitrogens with one attached hydrogen (secondary N) is 1. The van der Waals surface area contributed by atoms with Crippen LogP contribution in [0, 0.1) is 0 Å². The number of rotatable bonds is 1. The van der Waals surface area contributed by atoms with Crippen molar-refractivity contribution in [2.24, 2.45) is 0 Å². The Morgan fingerprint density at radius 2 is 2.36 bits per heavy atom. The van der Waals surface area contributed by atoms with Crippen molar-refractivity contribution in [3.8, 4) is 0 Å². The zero-order valence-electron chi connectivity index (χ0n) is 7.30. The van der Waals surface area contributed by atoms with Crippen LogP contribution in [0.2, 0.25) is 0 Å². The molecule has 2 aliphatic heterocycles. The van der Waals surface area contributed by atoms with Gasteiger partial charge in [-0.15, -0.1) is 0 Å². The zero-order valence-corrected chi connectivity index (χ0v) is 7.30. The first-order valence-electron chi connectivity index (χ1n) is 4.40. The summed E-state index contributed by atoms with van der Waals surface area (Å²) in [6.45, 7) is 6.58. The van der Waals surface area contributed by atoms with Crippen molar-refractivity contribution < 1.29 is 0 Å². The first-order valence-corrected chi connectivity index (χ1v) is 4.40. The Hall–Kier alpha value is -0.0151. The molecule has 2 rings (SSSR count). The molecule has 2 aliphatic rings. The summed E-state index contributed by atoms with van der Waals surface area (Å²) in [5.41, 5.74) is -0.0606. The standard InChI is InChI=1S/C8H15BN2/c1-6(2)11-5-8(9)3-7(11)4-10-8/h6-7,10H,3-5H2,1-2H3. The SMILES string of the molecule is [B]C12CC(CN1)N(C(C)C)C2. The summed E-state index contributed by atoms with van der Waals surface area (Å²) in [6, 6.07) is 1.34. The third-order valence-electron chi connectivity index (χ3n) is 2.89. The number of likely N-dealkylation sites (tertiary alicyclic amines) is 1. The van der Waals surface area contributed by atoms with Gasteiger partial charge in [0.05, 0.1) is 7.85 Å². The van der Waals surface area contributed by atoms with E-state index in [1.54, 1.807) is 0 Å². The molecule has 0 spiro atoms.